The van der Waals surface area contributed by atoms with Crippen LogP contribution in [0.25, 0.3) is 0 Å². The van der Waals surface area contributed by atoms with Crippen molar-refractivity contribution in [3.63, 3.8) is 0 Å². The molecule has 5 atom stereocenters. The van der Waals surface area contributed by atoms with Gasteiger partial charge in [0.2, 0.25) is 23.6 Å². The van der Waals surface area contributed by atoms with Crippen molar-refractivity contribution in [3.05, 3.63) is 35.9 Å². The smallest absolute Gasteiger partial charge is 0.328 e. The summed E-state index contributed by atoms with van der Waals surface area (Å²) in [4.78, 5) is 61.0. The second-order valence-corrected chi connectivity index (χ2v) is 8.44. The van der Waals surface area contributed by atoms with Gasteiger partial charge in [0.1, 0.15) is 12.1 Å². The molecule has 0 heterocycles. The fourth-order valence-electron chi connectivity index (χ4n) is 3.32. The van der Waals surface area contributed by atoms with Gasteiger partial charge in [-0.3, -0.25) is 19.2 Å². The van der Waals surface area contributed by atoms with E-state index in [0.717, 1.165) is 0 Å². The third kappa shape index (κ3) is 10.8. The number of carboxylic acids is 1. The highest BCUT2D eigenvalue weighted by molar-refractivity contribution is 5.95. The summed E-state index contributed by atoms with van der Waals surface area (Å²) in [6, 6.07) is 3.54. The minimum atomic E-state index is -1.59. The van der Waals surface area contributed by atoms with Crippen LogP contribution in [0.5, 0.6) is 0 Å². The summed E-state index contributed by atoms with van der Waals surface area (Å²) in [7, 11) is 0. The lowest BCUT2D eigenvalue weighted by Gasteiger charge is -2.26. The first kappa shape index (κ1) is 30.5. The Morgan fingerprint density at radius 2 is 1.50 bits per heavy atom. The molecule has 1 aromatic rings. The van der Waals surface area contributed by atoms with Crippen LogP contribution >= 0.6 is 0 Å². The number of carbonyl (C=O) groups is 5. The van der Waals surface area contributed by atoms with E-state index >= 15 is 0 Å². The summed E-state index contributed by atoms with van der Waals surface area (Å²) in [5.41, 5.74) is 17.0. The van der Waals surface area contributed by atoms with Gasteiger partial charge in [0.05, 0.1) is 18.6 Å². The van der Waals surface area contributed by atoms with E-state index in [2.05, 4.69) is 16.0 Å². The van der Waals surface area contributed by atoms with E-state index in [-0.39, 0.29) is 12.8 Å². The molecule has 1 aromatic carbocycles. The standard InChI is InChI=1S/C23H36N6O7/c1-13(30)19(23(35)36)29-21(33)16(9-5-6-10-24)27-22(34)17(11-14-7-3-2-4-8-14)28-20(32)15(25)12-18(26)31/h2-4,7-8,13,15-17,19,30H,5-6,9-12,24-25H2,1H3,(H2,26,31)(H,27,34)(H,28,32)(H,29,33)(H,35,36). The molecular weight excluding hydrogens is 472 g/mol. The predicted molar refractivity (Wildman–Crippen MR) is 130 cm³/mol. The molecule has 0 saturated heterocycles. The van der Waals surface area contributed by atoms with E-state index in [9.17, 15) is 34.2 Å². The zero-order valence-corrected chi connectivity index (χ0v) is 20.2. The van der Waals surface area contributed by atoms with Gasteiger partial charge >= 0.3 is 5.97 Å². The number of carboxylic acid groups (broad SMARTS) is 1. The number of nitrogens with one attached hydrogen (secondary N) is 3. The number of aliphatic hydroxyl groups is 1. The van der Waals surface area contributed by atoms with E-state index in [0.29, 0.717) is 24.9 Å². The van der Waals surface area contributed by atoms with Gasteiger partial charge in [0.25, 0.3) is 0 Å². The molecule has 0 bridgehead atoms. The SMILES string of the molecule is CC(O)C(NC(=O)C(CCCCN)NC(=O)C(Cc1ccccc1)NC(=O)C(N)CC(N)=O)C(=O)O. The van der Waals surface area contributed by atoms with Crippen molar-refractivity contribution in [2.75, 3.05) is 6.54 Å². The second-order valence-electron chi connectivity index (χ2n) is 8.44. The molecule has 13 heteroatoms. The molecule has 0 aliphatic carbocycles. The van der Waals surface area contributed by atoms with Crippen LogP contribution in [-0.4, -0.2) is 76.6 Å². The zero-order chi connectivity index (χ0) is 27.3. The lowest BCUT2D eigenvalue weighted by molar-refractivity contribution is -0.145. The first-order valence-corrected chi connectivity index (χ1v) is 11.6. The van der Waals surface area contributed by atoms with Crippen LogP contribution in [0.1, 0.15) is 38.2 Å². The molecule has 200 valence electrons. The van der Waals surface area contributed by atoms with Gasteiger partial charge in [0.15, 0.2) is 6.04 Å². The zero-order valence-electron chi connectivity index (χ0n) is 20.2. The van der Waals surface area contributed by atoms with Gasteiger partial charge in [-0.1, -0.05) is 30.3 Å². The van der Waals surface area contributed by atoms with Gasteiger partial charge in [0, 0.05) is 6.42 Å². The van der Waals surface area contributed by atoms with Crippen molar-refractivity contribution in [1.29, 1.82) is 0 Å². The largest absolute Gasteiger partial charge is 0.480 e. The minimum Gasteiger partial charge on any atom is -0.480 e. The molecule has 0 fully saturated rings. The number of nitrogens with two attached hydrogens (primary N) is 3. The molecule has 0 aliphatic rings. The van der Waals surface area contributed by atoms with Crippen molar-refractivity contribution < 1.29 is 34.2 Å². The monoisotopic (exact) mass is 508 g/mol. The van der Waals surface area contributed by atoms with Crippen LogP contribution in [-0.2, 0) is 30.4 Å². The van der Waals surface area contributed by atoms with Crippen LogP contribution in [0.3, 0.4) is 0 Å². The summed E-state index contributed by atoms with van der Waals surface area (Å²) in [5.74, 6) is -4.55. The molecule has 5 unspecified atom stereocenters. The Bertz CT molecular complexity index is 896. The number of amides is 4. The third-order valence-electron chi connectivity index (χ3n) is 5.30. The number of aliphatic hydroxyl groups excluding tert-OH is 1. The van der Waals surface area contributed by atoms with Gasteiger partial charge in [-0.15, -0.1) is 0 Å². The molecule has 0 saturated carbocycles. The number of primary amides is 1. The first-order chi connectivity index (χ1) is 17.0. The lowest BCUT2D eigenvalue weighted by Crippen LogP contribution is -2.58. The van der Waals surface area contributed by atoms with E-state index in [4.69, 9.17) is 17.2 Å². The normalized spacial score (nSPS) is 15.0. The molecule has 0 aliphatic heterocycles. The maximum atomic E-state index is 13.2. The van der Waals surface area contributed by atoms with Crippen molar-refractivity contribution in [2.24, 2.45) is 17.2 Å². The topological polar surface area (TPSA) is 240 Å². The number of rotatable bonds is 16. The van der Waals surface area contributed by atoms with E-state index in [1.54, 1.807) is 30.3 Å². The summed E-state index contributed by atoms with van der Waals surface area (Å²) in [5, 5.41) is 26.2. The Labute approximate surface area is 209 Å². The first-order valence-electron chi connectivity index (χ1n) is 11.6. The van der Waals surface area contributed by atoms with Gasteiger partial charge in [-0.2, -0.15) is 0 Å². The Morgan fingerprint density at radius 1 is 0.917 bits per heavy atom. The Balaban J connectivity index is 3.11. The Hall–Kier alpha value is -3.55. The van der Waals surface area contributed by atoms with Crippen LogP contribution in [0.4, 0.5) is 0 Å². The quantitative estimate of drug-likeness (QED) is 0.110. The molecule has 0 radical (unpaired) electrons. The number of unbranched alkanes of at least 4 members (excludes halogenated alkanes) is 1. The van der Waals surface area contributed by atoms with Crippen molar-refractivity contribution >= 4 is 29.6 Å². The van der Waals surface area contributed by atoms with Gasteiger partial charge in [-0.05, 0) is 38.3 Å². The van der Waals surface area contributed by atoms with Crippen molar-refractivity contribution in [1.82, 2.24) is 16.0 Å². The molecule has 4 amide bonds. The van der Waals surface area contributed by atoms with E-state index in [1.165, 1.54) is 6.92 Å². The predicted octanol–water partition coefficient (Wildman–Crippen LogP) is -2.52. The lowest BCUT2D eigenvalue weighted by atomic mass is 10.0. The highest BCUT2D eigenvalue weighted by atomic mass is 16.4. The maximum Gasteiger partial charge on any atom is 0.328 e. The fourth-order valence-corrected chi connectivity index (χ4v) is 3.32. The second kappa shape index (κ2) is 15.4. The summed E-state index contributed by atoms with van der Waals surface area (Å²) >= 11 is 0. The molecular formula is C23H36N6O7. The highest BCUT2D eigenvalue weighted by Gasteiger charge is 2.32. The minimum absolute atomic E-state index is 0.0459. The van der Waals surface area contributed by atoms with Crippen molar-refractivity contribution in [3.8, 4) is 0 Å². The van der Waals surface area contributed by atoms with Crippen LogP contribution in [0, 0.1) is 0 Å². The third-order valence-corrected chi connectivity index (χ3v) is 5.30. The number of carbonyl (C=O) groups excluding carboxylic acids is 4. The van der Waals surface area contributed by atoms with Gasteiger partial charge in [-0.25, -0.2) is 4.79 Å². The summed E-state index contributed by atoms with van der Waals surface area (Å²) < 4.78 is 0. The number of hydrogen-bond donors (Lipinski definition) is 8. The summed E-state index contributed by atoms with van der Waals surface area (Å²) in [6.07, 6.45) is -0.640. The van der Waals surface area contributed by atoms with Crippen molar-refractivity contribution in [2.45, 2.75) is 69.3 Å². The van der Waals surface area contributed by atoms with Crippen LogP contribution < -0.4 is 33.2 Å². The number of hydrogen-bond acceptors (Lipinski definition) is 8. The molecule has 11 N–H and O–H groups in total. The van der Waals surface area contributed by atoms with E-state index < -0.39 is 66.3 Å². The van der Waals surface area contributed by atoms with E-state index in [1.807, 2.05) is 0 Å². The number of aliphatic carboxylic acids is 1. The maximum absolute atomic E-state index is 13.2. The van der Waals surface area contributed by atoms with Crippen LogP contribution in [0.2, 0.25) is 0 Å². The highest BCUT2D eigenvalue weighted by Crippen LogP contribution is 2.08. The molecule has 13 nitrogen and oxygen atoms in total. The molecule has 36 heavy (non-hydrogen) atoms. The Morgan fingerprint density at radius 3 is 2.03 bits per heavy atom. The van der Waals surface area contributed by atoms with Crippen LogP contribution in [0.15, 0.2) is 30.3 Å². The fraction of sp³-hybridized carbons (Fsp3) is 0.522. The average molecular weight is 509 g/mol. The average Bonchev–Trinajstić information content (AvgIpc) is 2.81. The summed E-state index contributed by atoms with van der Waals surface area (Å²) in [6.45, 7) is 1.56. The number of benzene rings is 1. The molecule has 0 aromatic heterocycles. The molecule has 1 rings (SSSR count). The van der Waals surface area contributed by atoms with Gasteiger partial charge < -0.3 is 43.4 Å². The Kier molecular flexibility index (Phi) is 13.1. The molecule has 0 spiro atoms.